The van der Waals surface area contributed by atoms with Gasteiger partial charge < -0.3 is 25.2 Å². The molecule has 2 atom stereocenters. The molecule has 3 aliphatic carbocycles. The van der Waals surface area contributed by atoms with Crippen LogP contribution in [0.4, 0.5) is 23.4 Å². The first kappa shape index (κ1) is 27.7. The lowest BCUT2D eigenvalue weighted by atomic mass is 9.81. The van der Waals surface area contributed by atoms with Crippen LogP contribution in [0.3, 0.4) is 0 Å². The molecule has 1 aromatic heterocycles. The highest BCUT2D eigenvalue weighted by Gasteiger charge is 2.57. The monoisotopic (exact) mass is 552 g/mol. The SMILES string of the molecule is CC(Nc1ncnc(CC(=O)N[C@@H]2CC3(F)CC2C3)c1C1OCCO1)c1cccc(C(F)(F)C(C)(C)O)c1F. The topological polar surface area (TPSA) is 106 Å². The van der Waals surface area contributed by atoms with E-state index < -0.39 is 40.9 Å². The molecule has 1 aliphatic heterocycles. The molecule has 212 valence electrons. The molecule has 1 amide bonds. The minimum absolute atomic E-state index is 0.0751. The maximum absolute atomic E-state index is 15.4. The van der Waals surface area contributed by atoms with Gasteiger partial charge in [0.05, 0.1) is 42.5 Å². The van der Waals surface area contributed by atoms with Crippen LogP contribution < -0.4 is 10.6 Å². The maximum atomic E-state index is 15.4. The van der Waals surface area contributed by atoms with E-state index in [1.54, 1.807) is 6.92 Å². The molecule has 6 rings (SSSR count). The van der Waals surface area contributed by atoms with Gasteiger partial charge in [-0.1, -0.05) is 12.1 Å². The molecule has 12 heteroatoms. The predicted molar refractivity (Wildman–Crippen MR) is 132 cm³/mol. The number of fused-ring (bicyclic) bond motifs is 1. The molecule has 3 saturated carbocycles. The predicted octanol–water partition coefficient (Wildman–Crippen LogP) is 4.25. The fourth-order valence-corrected chi connectivity index (χ4v) is 5.67. The van der Waals surface area contributed by atoms with Crippen LogP contribution in [0.1, 0.15) is 74.7 Å². The summed E-state index contributed by atoms with van der Waals surface area (Å²) in [6, 6.07) is 2.52. The van der Waals surface area contributed by atoms with E-state index in [2.05, 4.69) is 20.6 Å². The number of ether oxygens (including phenoxy) is 2. The van der Waals surface area contributed by atoms with Crippen LogP contribution in [0.2, 0.25) is 0 Å². The van der Waals surface area contributed by atoms with Crippen LogP contribution in [0.15, 0.2) is 24.5 Å². The summed E-state index contributed by atoms with van der Waals surface area (Å²) in [7, 11) is 0. The lowest BCUT2D eigenvalue weighted by Crippen LogP contribution is -2.41. The van der Waals surface area contributed by atoms with Crippen LogP contribution in [0.25, 0.3) is 0 Å². The van der Waals surface area contributed by atoms with Gasteiger partial charge in [0.2, 0.25) is 5.91 Å². The van der Waals surface area contributed by atoms with Crippen LogP contribution in [0, 0.1) is 11.7 Å². The van der Waals surface area contributed by atoms with Crippen molar-refractivity contribution in [3.05, 3.63) is 52.7 Å². The second-order valence-corrected chi connectivity index (χ2v) is 11.2. The Labute approximate surface area is 223 Å². The molecule has 2 heterocycles. The molecule has 39 heavy (non-hydrogen) atoms. The first-order chi connectivity index (χ1) is 18.3. The normalized spacial score (nSPS) is 25.8. The van der Waals surface area contributed by atoms with E-state index in [-0.39, 0.29) is 35.7 Å². The summed E-state index contributed by atoms with van der Waals surface area (Å²) in [5, 5.41) is 15.9. The number of carbonyl (C=O) groups excluding carboxylic acids is 1. The van der Waals surface area contributed by atoms with Gasteiger partial charge in [-0.25, -0.2) is 18.7 Å². The standard InChI is InChI=1S/C27H32F4N4O4/c1-14(16-5-4-6-17(22(16)28)27(30,31)25(2,3)37)34-23-21(24-38-7-8-39-24)18(32-13-33-23)9-20(36)35-19-12-26(29)10-15(19)11-26/h4-6,13-15,19,24,37H,7-12H2,1-3H3,(H,35,36)(H,32,33,34)/t14?,15?,19-,26?/m1/s1. The maximum Gasteiger partial charge on any atom is 0.303 e. The molecule has 1 aromatic carbocycles. The van der Waals surface area contributed by atoms with Gasteiger partial charge in [-0.3, -0.25) is 4.79 Å². The number of alkyl halides is 3. The Morgan fingerprint density at radius 1 is 1.21 bits per heavy atom. The Balaban J connectivity index is 1.39. The van der Waals surface area contributed by atoms with E-state index >= 15 is 4.39 Å². The number of carbonyl (C=O) groups is 1. The highest BCUT2D eigenvalue weighted by Crippen LogP contribution is 2.54. The van der Waals surface area contributed by atoms with Crippen LogP contribution in [0.5, 0.6) is 0 Å². The quantitative estimate of drug-likeness (QED) is 0.400. The summed E-state index contributed by atoms with van der Waals surface area (Å²) in [5.41, 5.74) is -4.01. The number of hydrogen-bond acceptors (Lipinski definition) is 7. The first-order valence-corrected chi connectivity index (χ1v) is 13.0. The van der Waals surface area contributed by atoms with Crippen LogP contribution in [-0.4, -0.2) is 51.5 Å². The fraction of sp³-hybridized carbons (Fsp3) is 0.593. The highest BCUT2D eigenvalue weighted by atomic mass is 19.3. The number of hydrogen-bond donors (Lipinski definition) is 3. The minimum atomic E-state index is -3.85. The average Bonchev–Trinajstić information content (AvgIpc) is 3.53. The molecule has 1 saturated heterocycles. The molecule has 0 radical (unpaired) electrons. The van der Waals surface area contributed by atoms with Crippen molar-refractivity contribution in [3.63, 3.8) is 0 Å². The number of aromatic nitrogens is 2. The van der Waals surface area contributed by atoms with Crippen molar-refractivity contribution >= 4 is 11.7 Å². The van der Waals surface area contributed by atoms with E-state index in [1.807, 2.05) is 0 Å². The zero-order valence-electron chi connectivity index (χ0n) is 21.9. The van der Waals surface area contributed by atoms with Crippen molar-refractivity contribution in [2.45, 2.75) is 82.0 Å². The second-order valence-electron chi connectivity index (χ2n) is 11.2. The summed E-state index contributed by atoms with van der Waals surface area (Å²) in [4.78, 5) is 21.4. The molecule has 2 aromatic rings. The minimum Gasteiger partial charge on any atom is -0.384 e. The number of amides is 1. The molecular formula is C27H32F4N4O4. The molecule has 0 spiro atoms. The van der Waals surface area contributed by atoms with E-state index in [1.165, 1.54) is 18.5 Å². The molecular weight excluding hydrogens is 520 g/mol. The largest absolute Gasteiger partial charge is 0.384 e. The number of anilines is 1. The zero-order valence-corrected chi connectivity index (χ0v) is 21.9. The Morgan fingerprint density at radius 2 is 1.90 bits per heavy atom. The van der Waals surface area contributed by atoms with Gasteiger partial charge in [0.1, 0.15) is 29.2 Å². The van der Waals surface area contributed by atoms with Crippen molar-refractivity contribution < 1.29 is 36.9 Å². The molecule has 2 bridgehead atoms. The van der Waals surface area contributed by atoms with Gasteiger partial charge in [-0.2, -0.15) is 8.78 Å². The summed E-state index contributed by atoms with van der Waals surface area (Å²) >= 11 is 0. The molecule has 8 nitrogen and oxygen atoms in total. The third-order valence-corrected chi connectivity index (χ3v) is 7.86. The van der Waals surface area contributed by atoms with Crippen molar-refractivity contribution in [2.75, 3.05) is 18.5 Å². The molecule has 3 N–H and O–H groups in total. The van der Waals surface area contributed by atoms with Gasteiger partial charge >= 0.3 is 5.92 Å². The molecule has 1 unspecified atom stereocenters. The number of aliphatic hydroxyl groups is 1. The van der Waals surface area contributed by atoms with Crippen LogP contribution in [-0.2, 0) is 26.6 Å². The van der Waals surface area contributed by atoms with Gasteiger partial charge in [0, 0.05) is 18.0 Å². The summed E-state index contributed by atoms with van der Waals surface area (Å²) in [6.45, 7) is 3.99. The average molecular weight is 553 g/mol. The van der Waals surface area contributed by atoms with E-state index in [9.17, 15) is 23.1 Å². The smallest absolute Gasteiger partial charge is 0.303 e. The lowest BCUT2D eigenvalue weighted by Gasteiger charge is -2.30. The third kappa shape index (κ3) is 5.21. The highest BCUT2D eigenvalue weighted by molar-refractivity contribution is 5.79. The Bertz CT molecular complexity index is 1240. The van der Waals surface area contributed by atoms with Crippen molar-refractivity contribution in [1.82, 2.24) is 15.3 Å². The number of rotatable bonds is 9. The van der Waals surface area contributed by atoms with Crippen LogP contribution >= 0.6 is 0 Å². The van der Waals surface area contributed by atoms with Crippen molar-refractivity contribution in [1.29, 1.82) is 0 Å². The Morgan fingerprint density at radius 3 is 2.51 bits per heavy atom. The summed E-state index contributed by atoms with van der Waals surface area (Å²) in [6.07, 6.45) is 1.42. The lowest BCUT2D eigenvalue weighted by molar-refractivity contribution is -0.170. The molecule has 4 aliphatic rings. The van der Waals surface area contributed by atoms with Gasteiger partial charge in [-0.15, -0.1) is 0 Å². The number of nitrogens with zero attached hydrogens (tertiary/aromatic N) is 2. The van der Waals surface area contributed by atoms with Crippen molar-refractivity contribution in [2.24, 2.45) is 5.92 Å². The van der Waals surface area contributed by atoms with E-state index in [0.717, 1.165) is 19.9 Å². The fourth-order valence-electron chi connectivity index (χ4n) is 5.67. The van der Waals surface area contributed by atoms with Gasteiger partial charge in [-0.05, 0) is 45.6 Å². The van der Waals surface area contributed by atoms with E-state index in [0.29, 0.717) is 43.7 Å². The summed E-state index contributed by atoms with van der Waals surface area (Å²) in [5.74, 6) is -5.01. The first-order valence-electron chi connectivity index (χ1n) is 13.0. The third-order valence-electron chi connectivity index (χ3n) is 7.86. The second kappa shape index (κ2) is 9.97. The molecule has 4 fully saturated rings. The number of benzene rings is 1. The Hall–Kier alpha value is -2.83. The Kier molecular flexibility index (Phi) is 7.09. The summed E-state index contributed by atoms with van der Waals surface area (Å²) < 4.78 is 70.6. The zero-order chi connectivity index (χ0) is 28.2. The number of nitrogens with one attached hydrogen (secondary N) is 2. The van der Waals surface area contributed by atoms with Crippen molar-refractivity contribution in [3.8, 4) is 0 Å². The van der Waals surface area contributed by atoms with Gasteiger partial charge in [0.15, 0.2) is 6.29 Å². The number of halogens is 4. The van der Waals surface area contributed by atoms with Gasteiger partial charge in [0.25, 0.3) is 0 Å². The van der Waals surface area contributed by atoms with E-state index in [4.69, 9.17) is 9.47 Å².